The topological polar surface area (TPSA) is 85.1 Å². The number of nitrogens with two attached hydrogens (primary N) is 1. The fourth-order valence-corrected chi connectivity index (χ4v) is 4.01. The van der Waals surface area contributed by atoms with Crippen molar-refractivity contribution in [2.45, 2.75) is 19.4 Å². The molecule has 0 amide bonds. The molecule has 0 saturated carbocycles. The summed E-state index contributed by atoms with van der Waals surface area (Å²) in [5, 5.41) is 3.13. The number of aryl methyl sites for hydroxylation is 1. The molecular weight excluding hydrogens is 270 g/mol. The lowest BCUT2D eigenvalue weighted by molar-refractivity contribution is 0.602. The Labute approximate surface area is 112 Å². The Morgan fingerprint density at radius 2 is 2.33 bits per heavy atom. The van der Waals surface area contributed by atoms with Gasteiger partial charge in [-0.3, -0.25) is 0 Å². The molecule has 1 atom stereocenters. The molecule has 1 aliphatic heterocycles. The zero-order chi connectivity index (χ0) is 13.3. The van der Waals surface area contributed by atoms with Gasteiger partial charge in [0.05, 0.1) is 17.1 Å². The van der Waals surface area contributed by atoms with Crippen LogP contribution in [0.5, 0.6) is 0 Å². The molecule has 1 saturated heterocycles. The summed E-state index contributed by atoms with van der Waals surface area (Å²) >= 11 is 5.00. The fraction of sp³-hybridized carbons (Fsp3) is 0.455. The highest BCUT2D eigenvalue weighted by Crippen LogP contribution is 2.21. The van der Waals surface area contributed by atoms with E-state index in [-0.39, 0.29) is 22.5 Å². The lowest BCUT2D eigenvalue weighted by atomic mass is 10.1. The maximum absolute atomic E-state index is 11.4. The number of nitrogens with zero attached hydrogens (tertiary/aromatic N) is 1. The molecule has 1 unspecified atom stereocenters. The molecule has 1 aromatic rings. The number of anilines is 1. The number of sulfone groups is 1. The molecule has 3 N–H and O–H groups in total. The van der Waals surface area contributed by atoms with E-state index in [1.807, 2.05) is 13.0 Å². The Kier molecular flexibility index (Phi) is 3.54. The Hall–Kier alpha value is -1.21. The number of hydrogen-bond acceptors (Lipinski definition) is 5. The van der Waals surface area contributed by atoms with Crippen molar-refractivity contribution in [1.29, 1.82) is 0 Å². The summed E-state index contributed by atoms with van der Waals surface area (Å²) in [5.41, 5.74) is 7.30. The third kappa shape index (κ3) is 2.78. The van der Waals surface area contributed by atoms with Crippen molar-refractivity contribution in [2.24, 2.45) is 5.73 Å². The monoisotopic (exact) mass is 285 g/mol. The van der Waals surface area contributed by atoms with Crippen LogP contribution in [0.4, 0.5) is 5.82 Å². The number of hydrogen-bond donors (Lipinski definition) is 2. The van der Waals surface area contributed by atoms with Gasteiger partial charge in [0.25, 0.3) is 0 Å². The van der Waals surface area contributed by atoms with Gasteiger partial charge in [-0.2, -0.15) is 0 Å². The molecule has 1 aliphatic rings. The molecule has 1 fully saturated rings. The van der Waals surface area contributed by atoms with Crippen LogP contribution < -0.4 is 11.1 Å². The largest absolute Gasteiger partial charge is 0.389 e. The van der Waals surface area contributed by atoms with Gasteiger partial charge in [0.15, 0.2) is 9.84 Å². The summed E-state index contributed by atoms with van der Waals surface area (Å²) in [6.07, 6.45) is 2.25. The highest BCUT2D eigenvalue weighted by Gasteiger charge is 2.28. The highest BCUT2D eigenvalue weighted by atomic mass is 32.2. The van der Waals surface area contributed by atoms with Crippen molar-refractivity contribution in [2.75, 3.05) is 16.8 Å². The molecule has 2 heterocycles. The lowest BCUT2D eigenvalue weighted by Crippen LogP contribution is -2.24. The van der Waals surface area contributed by atoms with Gasteiger partial charge in [-0.05, 0) is 25.0 Å². The Morgan fingerprint density at radius 1 is 1.61 bits per heavy atom. The summed E-state index contributed by atoms with van der Waals surface area (Å²) in [4.78, 5) is 4.47. The van der Waals surface area contributed by atoms with Crippen molar-refractivity contribution in [3.05, 3.63) is 23.4 Å². The molecule has 7 heteroatoms. The van der Waals surface area contributed by atoms with Crippen LogP contribution in [0.1, 0.15) is 17.5 Å². The van der Waals surface area contributed by atoms with Gasteiger partial charge in [0, 0.05) is 12.2 Å². The van der Waals surface area contributed by atoms with Crippen LogP contribution in [-0.2, 0) is 9.84 Å². The number of rotatable bonds is 3. The first-order valence-electron chi connectivity index (χ1n) is 5.61. The van der Waals surface area contributed by atoms with E-state index in [1.54, 1.807) is 6.20 Å². The van der Waals surface area contributed by atoms with Gasteiger partial charge >= 0.3 is 0 Å². The summed E-state index contributed by atoms with van der Waals surface area (Å²) in [6.45, 7) is 1.90. The molecule has 0 aromatic carbocycles. The van der Waals surface area contributed by atoms with Crippen molar-refractivity contribution >= 4 is 32.9 Å². The molecule has 1 aromatic heterocycles. The average Bonchev–Trinajstić information content (AvgIpc) is 2.57. The second-order valence-corrected chi connectivity index (χ2v) is 7.13. The predicted octanol–water partition coefficient (Wildman–Crippen LogP) is 0.623. The van der Waals surface area contributed by atoms with Crippen molar-refractivity contribution in [1.82, 2.24) is 4.98 Å². The van der Waals surface area contributed by atoms with E-state index in [9.17, 15) is 8.42 Å². The number of aromatic nitrogens is 1. The second-order valence-electron chi connectivity index (χ2n) is 4.46. The van der Waals surface area contributed by atoms with E-state index in [0.29, 0.717) is 17.8 Å². The van der Waals surface area contributed by atoms with E-state index in [0.717, 1.165) is 5.56 Å². The highest BCUT2D eigenvalue weighted by molar-refractivity contribution is 7.91. The Morgan fingerprint density at radius 3 is 2.89 bits per heavy atom. The first kappa shape index (κ1) is 13.2. The zero-order valence-electron chi connectivity index (χ0n) is 10.0. The third-order valence-electron chi connectivity index (χ3n) is 2.98. The van der Waals surface area contributed by atoms with Crippen LogP contribution in [-0.4, -0.2) is 35.9 Å². The van der Waals surface area contributed by atoms with E-state index < -0.39 is 9.84 Å². The summed E-state index contributed by atoms with van der Waals surface area (Å²) < 4.78 is 22.8. The first-order chi connectivity index (χ1) is 8.39. The molecule has 0 radical (unpaired) electrons. The number of nitrogens with one attached hydrogen (secondary N) is 1. The van der Waals surface area contributed by atoms with Crippen molar-refractivity contribution in [3.8, 4) is 0 Å². The molecule has 5 nitrogen and oxygen atoms in total. The summed E-state index contributed by atoms with van der Waals surface area (Å²) in [7, 11) is -2.91. The second kappa shape index (κ2) is 4.81. The summed E-state index contributed by atoms with van der Waals surface area (Å²) in [6, 6.07) is 1.71. The Bertz CT molecular complexity index is 584. The van der Waals surface area contributed by atoms with Crippen LogP contribution in [0.2, 0.25) is 0 Å². The van der Waals surface area contributed by atoms with Gasteiger partial charge in [-0.1, -0.05) is 12.2 Å². The summed E-state index contributed by atoms with van der Waals surface area (Å²) in [5.74, 6) is 0.933. The van der Waals surface area contributed by atoms with Crippen LogP contribution in [0.3, 0.4) is 0 Å². The molecule has 0 aliphatic carbocycles. The minimum absolute atomic E-state index is 0.114. The van der Waals surface area contributed by atoms with Crippen LogP contribution >= 0.6 is 12.2 Å². The maximum atomic E-state index is 11.4. The Balaban J connectivity index is 2.25. The first-order valence-corrected chi connectivity index (χ1v) is 7.84. The van der Waals surface area contributed by atoms with E-state index in [2.05, 4.69) is 10.3 Å². The fourth-order valence-electron chi connectivity index (χ4n) is 2.08. The third-order valence-corrected chi connectivity index (χ3v) is 4.95. The minimum Gasteiger partial charge on any atom is -0.389 e. The lowest BCUT2D eigenvalue weighted by Gasteiger charge is -2.16. The van der Waals surface area contributed by atoms with E-state index in [4.69, 9.17) is 18.0 Å². The number of pyridine rings is 1. The van der Waals surface area contributed by atoms with Gasteiger partial charge in [0.1, 0.15) is 10.8 Å². The molecule has 2 rings (SSSR count). The maximum Gasteiger partial charge on any atom is 0.152 e. The van der Waals surface area contributed by atoms with E-state index >= 15 is 0 Å². The van der Waals surface area contributed by atoms with Gasteiger partial charge in [-0.25, -0.2) is 13.4 Å². The van der Waals surface area contributed by atoms with Crippen molar-refractivity contribution in [3.63, 3.8) is 0 Å². The molecular formula is C11H15N3O2S2. The normalized spacial score (nSPS) is 21.7. The van der Waals surface area contributed by atoms with Crippen LogP contribution in [0, 0.1) is 6.92 Å². The minimum atomic E-state index is -2.91. The molecule has 98 valence electrons. The van der Waals surface area contributed by atoms with Gasteiger partial charge in [-0.15, -0.1) is 0 Å². The standard InChI is InChI=1S/C11H15N3O2S2/c1-7-2-4-13-11(9(7)10(12)17)14-8-3-5-18(15,16)6-8/h2,4,8H,3,5-6H2,1H3,(H2,12,17)(H,13,14). The predicted molar refractivity (Wildman–Crippen MR) is 75.5 cm³/mol. The van der Waals surface area contributed by atoms with Crippen molar-refractivity contribution < 1.29 is 8.42 Å². The molecule has 0 bridgehead atoms. The van der Waals surface area contributed by atoms with E-state index in [1.165, 1.54) is 0 Å². The molecule has 18 heavy (non-hydrogen) atoms. The van der Waals surface area contributed by atoms with Crippen LogP contribution in [0.15, 0.2) is 12.3 Å². The SMILES string of the molecule is Cc1ccnc(NC2CCS(=O)(=O)C2)c1C(N)=S. The zero-order valence-corrected chi connectivity index (χ0v) is 11.6. The van der Waals surface area contributed by atoms with Gasteiger partial charge in [0.2, 0.25) is 0 Å². The molecule has 0 spiro atoms. The quantitative estimate of drug-likeness (QED) is 0.792. The van der Waals surface area contributed by atoms with Crippen LogP contribution in [0.25, 0.3) is 0 Å². The number of thiocarbonyl (C=S) groups is 1. The average molecular weight is 285 g/mol. The smallest absolute Gasteiger partial charge is 0.152 e. The van der Waals surface area contributed by atoms with Gasteiger partial charge < -0.3 is 11.1 Å².